The van der Waals surface area contributed by atoms with E-state index in [-0.39, 0.29) is 17.5 Å². The molecule has 2 aromatic carbocycles. The number of carbonyl (C=O) groups is 1. The second-order valence-corrected chi connectivity index (χ2v) is 6.16. The number of benzene rings is 2. The van der Waals surface area contributed by atoms with E-state index in [2.05, 4.69) is 21.2 Å². The van der Waals surface area contributed by atoms with Crippen LogP contribution in [0.5, 0.6) is 5.75 Å². The molecule has 0 spiro atoms. The number of anilines is 1. The molecule has 1 N–H and O–H groups in total. The summed E-state index contributed by atoms with van der Waals surface area (Å²) in [6.07, 6.45) is -4.76. The monoisotopic (exact) mass is 401 g/mol. The molecule has 0 aromatic heterocycles. The van der Waals surface area contributed by atoms with Crippen molar-refractivity contribution in [1.29, 1.82) is 0 Å². The molecule has 1 amide bonds. The normalized spacial score (nSPS) is 11.5. The van der Waals surface area contributed by atoms with E-state index in [1.54, 1.807) is 38.1 Å². The molecule has 0 saturated carbocycles. The highest BCUT2D eigenvalue weighted by Crippen LogP contribution is 2.35. The first-order chi connectivity index (χ1) is 11.2. The Labute approximate surface area is 146 Å². The van der Waals surface area contributed by atoms with Crippen molar-refractivity contribution in [3.63, 3.8) is 0 Å². The van der Waals surface area contributed by atoms with Gasteiger partial charge in [-0.2, -0.15) is 13.2 Å². The van der Waals surface area contributed by atoms with Gasteiger partial charge in [0.05, 0.1) is 22.9 Å². The number of amides is 1. The summed E-state index contributed by atoms with van der Waals surface area (Å²) in [5.74, 6) is -0.353. The number of ether oxygens (including phenoxy) is 1. The lowest BCUT2D eigenvalue weighted by atomic mass is 10.1. The minimum absolute atomic E-state index is 0.0284. The summed E-state index contributed by atoms with van der Waals surface area (Å²) >= 11 is 3.24. The van der Waals surface area contributed by atoms with Gasteiger partial charge in [0.1, 0.15) is 5.75 Å². The van der Waals surface area contributed by atoms with Gasteiger partial charge < -0.3 is 10.1 Å². The van der Waals surface area contributed by atoms with E-state index in [0.717, 1.165) is 12.1 Å². The van der Waals surface area contributed by atoms with Crippen LogP contribution in [-0.4, -0.2) is 12.0 Å². The molecule has 7 heteroatoms. The zero-order chi connectivity index (χ0) is 17.9. The van der Waals surface area contributed by atoms with Crippen molar-refractivity contribution in [1.82, 2.24) is 0 Å². The third-order valence-corrected chi connectivity index (χ3v) is 3.73. The van der Waals surface area contributed by atoms with E-state index in [1.807, 2.05) is 0 Å². The smallest absolute Gasteiger partial charge is 0.416 e. The molecule has 0 bridgehead atoms. The lowest BCUT2D eigenvalue weighted by molar-refractivity contribution is -0.137. The third kappa shape index (κ3) is 4.50. The Kier molecular flexibility index (Phi) is 5.54. The molecular weight excluding hydrogens is 387 g/mol. The van der Waals surface area contributed by atoms with Crippen molar-refractivity contribution in [3.8, 4) is 5.75 Å². The maximum atomic E-state index is 12.9. The van der Waals surface area contributed by atoms with E-state index in [9.17, 15) is 18.0 Å². The summed E-state index contributed by atoms with van der Waals surface area (Å²) in [7, 11) is 0. The Morgan fingerprint density at radius 1 is 1.17 bits per heavy atom. The number of nitrogens with one attached hydrogen (secondary N) is 1. The highest BCUT2D eigenvalue weighted by Gasteiger charge is 2.31. The Bertz CT molecular complexity index is 745. The second-order valence-electron chi connectivity index (χ2n) is 5.31. The number of hydrogen-bond acceptors (Lipinski definition) is 2. The molecule has 24 heavy (non-hydrogen) atoms. The zero-order valence-electron chi connectivity index (χ0n) is 12.9. The molecule has 0 radical (unpaired) electrons. The Morgan fingerprint density at radius 3 is 2.42 bits per heavy atom. The fraction of sp³-hybridized carbons (Fsp3) is 0.235. The topological polar surface area (TPSA) is 38.3 Å². The van der Waals surface area contributed by atoms with Gasteiger partial charge in [0, 0.05) is 4.47 Å². The van der Waals surface area contributed by atoms with E-state index in [1.165, 1.54) is 6.07 Å². The highest BCUT2D eigenvalue weighted by molar-refractivity contribution is 9.10. The lowest BCUT2D eigenvalue weighted by Gasteiger charge is -2.17. The van der Waals surface area contributed by atoms with Crippen LogP contribution >= 0.6 is 15.9 Å². The van der Waals surface area contributed by atoms with Crippen LogP contribution in [0.2, 0.25) is 0 Å². The van der Waals surface area contributed by atoms with Gasteiger partial charge in [-0.3, -0.25) is 4.79 Å². The second kappa shape index (κ2) is 7.25. The first-order valence-corrected chi connectivity index (χ1v) is 7.91. The Hall–Kier alpha value is -2.02. The van der Waals surface area contributed by atoms with Crippen molar-refractivity contribution in [2.45, 2.75) is 26.1 Å². The first-order valence-electron chi connectivity index (χ1n) is 7.12. The van der Waals surface area contributed by atoms with Crippen molar-refractivity contribution < 1.29 is 22.7 Å². The van der Waals surface area contributed by atoms with Gasteiger partial charge in [-0.15, -0.1) is 0 Å². The number of halogens is 4. The highest BCUT2D eigenvalue weighted by atomic mass is 79.9. The van der Waals surface area contributed by atoms with Crippen LogP contribution in [0.4, 0.5) is 18.9 Å². The predicted molar refractivity (Wildman–Crippen MR) is 89.3 cm³/mol. The summed E-state index contributed by atoms with van der Waals surface area (Å²) in [6, 6.07) is 9.63. The van der Waals surface area contributed by atoms with E-state index in [0.29, 0.717) is 10.0 Å². The summed E-state index contributed by atoms with van der Waals surface area (Å²) in [6.45, 7) is 3.49. The molecule has 0 atom stereocenters. The van der Waals surface area contributed by atoms with Gasteiger partial charge in [-0.25, -0.2) is 0 Å². The van der Waals surface area contributed by atoms with Crippen molar-refractivity contribution in [3.05, 3.63) is 58.1 Å². The van der Waals surface area contributed by atoms with Crippen LogP contribution in [-0.2, 0) is 6.18 Å². The molecule has 0 saturated heterocycles. The third-order valence-electron chi connectivity index (χ3n) is 3.04. The van der Waals surface area contributed by atoms with Crippen LogP contribution in [0.3, 0.4) is 0 Å². The van der Waals surface area contributed by atoms with Crippen LogP contribution < -0.4 is 10.1 Å². The molecule has 0 heterocycles. The average molecular weight is 402 g/mol. The van der Waals surface area contributed by atoms with E-state index >= 15 is 0 Å². The quantitative estimate of drug-likeness (QED) is 0.733. The van der Waals surface area contributed by atoms with Gasteiger partial charge >= 0.3 is 6.18 Å². The molecule has 3 nitrogen and oxygen atoms in total. The Balaban J connectivity index is 2.39. The van der Waals surface area contributed by atoms with Gasteiger partial charge in [-0.1, -0.05) is 12.1 Å². The molecule has 128 valence electrons. The van der Waals surface area contributed by atoms with Crippen LogP contribution in [0.1, 0.15) is 29.8 Å². The van der Waals surface area contributed by atoms with Crippen molar-refractivity contribution in [2.75, 3.05) is 5.32 Å². The molecular formula is C17H15BrF3NO2. The summed E-state index contributed by atoms with van der Waals surface area (Å²) < 4.78 is 44.8. The number of hydrogen-bond donors (Lipinski definition) is 1. The molecule has 0 aliphatic carbocycles. The zero-order valence-corrected chi connectivity index (χ0v) is 14.5. The fourth-order valence-corrected chi connectivity index (χ4v) is 2.46. The standard InChI is InChI=1S/C17H15BrF3NO2/c1-10(2)24-15-8-7-11(17(19,20)21)9-14(15)22-16(23)12-5-3-4-6-13(12)18/h3-10H,1-2H3,(H,22,23). The maximum Gasteiger partial charge on any atom is 0.416 e. The molecule has 0 unspecified atom stereocenters. The predicted octanol–water partition coefficient (Wildman–Crippen LogP) is 5.51. The van der Waals surface area contributed by atoms with Crippen LogP contribution in [0.15, 0.2) is 46.9 Å². The van der Waals surface area contributed by atoms with Crippen LogP contribution in [0, 0.1) is 0 Å². The van der Waals surface area contributed by atoms with Crippen molar-refractivity contribution >= 4 is 27.5 Å². The van der Waals surface area contributed by atoms with Gasteiger partial charge in [0.25, 0.3) is 5.91 Å². The number of alkyl halides is 3. The van der Waals surface area contributed by atoms with Gasteiger partial charge in [0.2, 0.25) is 0 Å². The maximum absolute atomic E-state index is 12.9. The van der Waals surface area contributed by atoms with E-state index < -0.39 is 17.6 Å². The number of carbonyl (C=O) groups excluding carboxylic acids is 1. The fourth-order valence-electron chi connectivity index (χ4n) is 2.00. The SMILES string of the molecule is CC(C)Oc1ccc(C(F)(F)F)cc1NC(=O)c1ccccc1Br. The molecule has 0 aliphatic rings. The van der Waals surface area contributed by atoms with Crippen molar-refractivity contribution in [2.24, 2.45) is 0 Å². The number of rotatable bonds is 4. The van der Waals surface area contributed by atoms with Crippen LogP contribution in [0.25, 0.3) is 0 Å². The van der Waals surface area contributed by atoms with Gasteiger partial charge in [0.15, 0.2) is 0 Å². The van der Waals surface area contributed by atoms with Gasteiger partial charge in [-0.05, 0) is 60.1 Å². The minimum Gasteiger partial charge on any atom is -0.489 e. The average Bonchev–Trinajstić information content (AvgIpc) is 2.47. The Morgan fingerprint density at radius 2 is 1.83 bits per heavy atom. The first kappa shape index (κ1) is 18.3. The molecule has 0 fully saturated rings. The summed E-state index contributed by atoms with van der Waals surface area (Å²) in [4.78, 5) is 12.4. The molecule has 2 aromatic rings. The largest absolute Gasteiger partial charge is 0.489 e. The van der Waals surface area contributed by atoms with E-state index in [4.69, 9.17) is 4.74 Å². The molecule has 0 aliphatic heterocycles. The summed E-state index contributed by atoms with van der Waals surface area (Å²) in [5, 5.41) is 2.49. The lowest BCUT2D eigenvalue weighted by Crippen LogP contribution is -2.16. The summed E-state index contributed by atoms with van der Waals surface area (Å²) in [5.41, 5.74) is -0.578. The molecule has 2 rings (SSSR count). The minimum atomic E-state index is -4.51.